The molecule has 0 radical (unpaired) electrons. The van der Waals surface area contributed by atoms with Crippen molar-refractivity contribution in [2.75, 3.05) is 17.7 Å². The minimum Gasteiger partial charge on any atom is -0.363 e. The lowest BCUT2D eigenvalue weighted by atomic mass is 10.1. The van der Waals surface area contributed by atoms with Gasteiger partial charge in [0.15, 0.2) is 9.84 Å². The van der Waals surface area contributed by atoms with Crippen molar-refractivity contribution in [2.45, 2.75) is 31.2 Å². The Bertz CT molecular complexity index is 642. The van der Waals surface area contributed by atoms with E-state index in [-0.39, 0.29) is 16.6 Å². The van der Waals surface area contributed by atoms with E-state index in [9.17, 15) is 18.5 Å². The van der Waals surface area contributed by atoms with Crippen molar-refractivity contribution in [1.82, 2.24) is 0 Å². The SMILES string of the molecule is C[C@H]1C[C@H](C)N(c2ccc(S(C)(=O)=O)cc2[N+](=O)[O-])C1. The van der Waals surface area contributed by atoms with Crippen LogP contribution in [0.15, 0.2) is 23.1 Å². The van der Waals surface area contributed by atoms with Crippen LogP contribution >= 0.6 is 0 Å². The van der Waals surface area contributed by atoms with Gasteiger partial charge in [-0.1, -0.05) is 6.92 Å². The van der Waals surface area contributed by atoms with Crippen LogP contribution in [0.4, 0.5) is 11.4 Å². The van der Waals surface area contributed by atoms with Crippen molar-refractivity contribution in [3.63, 3.8) is 0 Å². The lowest BCUT2D eigenvalue weighted by Gasteiger charge is -2.23. The molecule has 2 atom stereocenters. The molecule has 0 bridgehead atoms. The minimum absolute atomic E-state index is 0.0205. The summed E-state index contributed by atoms with van der Waals surface area (Å²) < 4.78 is 23.0. The molecule has 1 heterocycles. The summed E-state index contributed by atoms with van der Waals surface area (Å²) in [5, 5.41) is 11.2. The molecule has 0 saturated carbocycles. The van der Waals surface area contributed by atoms with Gasteiger partial charge in [-0.2, -0.15) is 0 Å². The Kier molecular flexibility index (Phi) is 3.73. The molecule has 0 N–H and O–H groups in total. The third kappa shape index (κ3) is 2.77. The molecule has 6 nitrogen and oxygen atoms in total. The van der Waals surface area contributed by atoms with Crippen molar-refractivity contribution in [1.29, 1.82) is 0 Å². The number of sulfone groups is 1. The van der Waals surface area contributed by atoms with E-state index in [2.05, 4.69) is 6.92 Å². The highest BCUT2D eigenvalue weighted by Crippen LogP contribution is 2.36. The predicted octanol–water partition coefficient (Wildman–Crippen LogP) is 2.23. The molecule has 1 aromatic rings. The molecule has 1 aliphatic rings. The number of benzene rings is 1. The van der Waals surface area contributed by atoms with Gasteiger partial charge in [0.1, 0.15) is 5.69 Å². The Morgan fingerprint density at radius 2 is 2.00 bits per heavy atom. The number of rotatable bonds is 3. The molecule has 20 heavy (non-hydrogen) atoms. The summed E-state index contributed by atoms with van der Waals surface area (Å²) in [6.45, 7) is 4.88. The standard InChI is InChI=1S/C13H18N2O4S/c1-9-6-10(2)14(8-9)12-5-4-11(20(3,18)19)7-13(12)15(16)17/h4-5,7,9-10H,6,8H2,1-3H3/t9-,10-/m0/s1. The fourth-order valence-electron chi connectivity index (χ4n) is 2.76. The molecule has 7 heteroatoms. The van der Waals surface area contributed by atoms with Crippen LogP contribution in [-0.2, 0) is 9.84 Å². The molecule has 1 aromatic carbocycles. The average molecular weight is 298 g/mol. The first-order valence-electron chi connectivity index (χ1n) is 6.45. The van der Waals surface area contributed by atoms with Gasteiger partial charge in [-0.3, -0.25) is 10.1 Å². The summed E-state index contributed by atoms with van der Waals surface area (Å²) in [4.78, 5) is 12.7. The Morgan fingerprint density at radius 1 is 1.35 bits per heavy atom. The Hall–Kier alpha value is -1.63. The smallest absolute Gasteiger partial charge is 0.293 e. The summed E-state index contributed by atoms with van der Waals surface area (Å²) in [7, 11) is -3.45. The first-order valence-corrected chi connectivity index (χ1v) is 8.34. The first kappa shape index (κ1) is 14.8. The maximum absolute atomic E-state index is 11.5. The molecular formula is C13H18N2O4S. The zero-order valence-electron chi connectivity index (χ0n) is 11.7. The highest BCUT2D eigenvalue weighted by molar-refractivity contribution is 7.90. The van der Waals surface area contributed by atoms with Crippen molar-refractivity contribution in [3.05, 3.63) is 28.3 Å². The Morgan fingerprint density at radius 3 is 2.45 bits per heavy atom. The van der Waals surface area contributed by atoms with E-state index in [0.29, 0.717) is 11.6 Å². The van der Waals surface area contributed by atoms with Crippen LogP contribution in [0.3, 0.4) is 0 Å². The molecule has 0 aliphatic carbocycles. The van der Waals surface area contributed by atoms with Crippen LogP contribution in [0.25, 0.3) is 0 Å². The summed E-state index contributed by atoms with van der Waals surface area (Å²) >= 11 is 0. The summed E-state index contributed by atoms with van der Waals surface area (Å²) in [6, 6.07) is 4.35. The van der Waals surface area contributed by atoms with Gasteiger partial charge in [0.25, 0.3) is 5.69 Å². The minimum atomic E-state index is -3.45. The highest BCUT2D eigenvalue weighted by atomic mass is 32.2. The zero-order chi connectivity index (χ0) is 15.1. The molecule has 0 unspecified atom stereocenters. The second-order valence-corrected chi connectivity index (χ2v) is 7.54. The van der Waals surface area contributed by atoms with Gasteiger partial charge in [-0.25, -0.2) is 8.42 Å². The van der Waals surface area contributed by atoms with Gasteiger partial charge in [-0.05, 0) is 31.4 Å². The van der Waals surface area contributed by atoms with Gasteiger partial charge in [0.2, 0.25) is 0 Å². The number of nitro groups is 1. The van der Waals surface area contributed by atoms with Crippen LogP contribution in [0, 0.1) is 16.0 Å². The van der Waals surface area contributed by atoms with Crippen molar-refractivity contribution < 1.29 is 13.3 Å². The molecule has 1 saturated heterocycles. The van der Waals surface area contributed by atoms with Crippen molar-refractivity contribution in [3.8, 4) is 0 Å². The van der Waals surface area contributed by atoms with E-state index in [0.717, 1.165) is 25.3 Å². The number of nitrogens with zero attached hydrogens (tertiary/aromatic N) is 2. The molecule has 0 aromatic heterocycles. The van der Waals surface area contributed by atoms with Gasteiger partial charge in [-0.15, -0.1) is 0 Å². The summed E-state index contributed by atoms with van der Waals surface area (Å²) in [5.74, 6) is 0.471. The normalized spacial score (nSPS) is 23.1. The second kappa shape index (κ2) is 5.05. The van der Waals surface area contributed by atoms with Gasteiger partial charge in [0, 0.05) is 24.9 Å². The summed E-state index contributed by atoms with van der Waals surface area (Å²) in [5.41, 5.74) is 0.355. The monoisotopic (exact) mass is 298 g/mol. The molecule has 2 rings (SSSR count). The van der Waals surface area contributed by atoms with E-state index in [1.807, 2.05) is 11.8 Å². The van der Waals surface area contributed by atoms with E-state index >= 15 is 0 Å². The van der Waals surface area contributed by atoms with E-state index in [1.54, 1.807) is 6.07 Å². The molecule has 110 valence electrons. The highest BCUT2D eigenvalue weighted by Gasteiger charge is 2.31. The van der Waals surface area contributed by atoms with E-state index < -0.39 is 14.8 Å². The third-order valence-electron chi connectivity index (χ3n) is 3.67. The largest absolute Gasteiger partial charge is 0.363 e. The number of hydrogen-bond acceptors (Lipinski definition) is 5. The fourth-order valence-corrected chi connectivity index (χ4v) is 3.40. The van der Waals surface area contributed by atoms with Crippen LogP contribution in [0.5, 0.6) is 0 Å². The topological polar surface area (TPSA) is 80.5 Å². The zero-order valence-corrected chi connectivity index (χ0v) is 12.6. The molecule has 1 aliphatic heterocycles. The predicted molar refractivity (Wildman–Crippen MR) is 76.8 cm³/mol. The molecule has 0 spiro atoms. The van der Waals surface area contributed by atoms with Gasteiger partial charge >= 0.3 is 0 Å². The first-order chi connectivity index (χ1) is 9.20. The van der Waals surface area contributed by atoms with Crippen LogP contribution in [0.1, 0.15) is 20.3 Å². The van der Waals surface area contributed by atoms with Gasteiger partial charge in [0.05, 0.1) is 9.82 Å². The van der Waals surface area contributed by atoms with Gasteiger partial charge < -0.3 is 4.90 Å². The second-order valence-electron chi connectivity index (χ2n) is 5.52. The fraction of sp³-hybridized carbons (Fsp3) is 0.538. The number of nitro benzene ring substituents is 1. The van der Waals surface area contributed by atoms with Crippen LogP contribution in [0.2, 0.25) is 0 Å². The molecule has 0 amide bonds. The lowest BCUT2D eigenvalue weighted by Crippen LogP contribution is -2.27. The maximum atomic E-state index is 11.5. The van der Waals surface area contributed by atoms with Crippen molar-refractivity contribution >= 4 is 21.2 Å². The van der Waals surface area contributed by atoms with E-state index in [1.165, 1.54) is 6.07 Å². The molecular weight excluding hydrogens is 280 g/mol. The Balaban J connectivity index is 2.52. The Labute approximate surface area is 118 Å². The van der Waals surface area contributed by atoms with Crippen LogP contribution < -0.4 is 4.90 Å². The van der Waals surface area contributed by atoms with Crippen LogP contribution in [-0.4, -0.2) is 32.2 Å². The number of anilines is 1. The average Bonchev–Trinajstić information content (AvgIpc) is 2.66. The molecule has 1 fully saturated rings. The lowest BCUT2D eigenvalue weighted by molar-refractivity contribution is -0.384. The third-order valence-corrected chi connectivity index (χ3v) is 4.78. The maximum Gasteiger partial charge on any atom is 0.293 e. The summed E-state index contributed by atoms with van der Waals surface area (Å²) in [6.07, 6.45) is 2.03. The quantitative estimate of drug-likeness (QED) is 0.631. The van der Waals surface area contributed by atoms with Crippen molar-refractivity contribution in [2.24, 2.45) is 5.92 Å². The number of hydrogen-bond donors (Lipinski definition) is 0. The van der Waals surface area contributed by atoms with E-state index in [4.69, 9.17) is 0 Å².